The van der Waals surface area contributed by atoms with E-state index in [1.54, 1.807) is 22.7 Å². The molecule has 0 unspecified atom stereocenters. The van der Waals surface area contributed by atoms with Crippen LogP contribution in [0.2, 0.25) is 0 Å². The van der Waals surface area contributed by atoms with Gasteiger partial charge in [-0.05, 0) is 30.7 Å². The molecule has 0 fully saturated rings. The van der Waals surface area contributed by atoms with E-state index in [1.807, 2.05) is 37.3 Å². The number of para-hydroxylation sites is 1. The van der Waals surface area contributed by atoms with Gasteiger partial charge in [-0.15, -0.1) is 11.6 Å². The van der Waals surface area contributed by atoms with Crippen LogP contribution in [-0.4, -0.2) is 23.0 Å². The van der Waals surface area contributed by atoms with Crippen molar-refractivity contribution in [1.29, 1.82) is 0 Å². The fraction of sp³-hybridized carbons (Fsp3) is 0.222. The number of nitrogens with zero attached hydrogens (tertiary/aromatic N) is 1. The molecule has 0 aliphatic carbocycles. The van der Waals surface area contributed by atoms with Gasteiger partial charge in [-0.1, -0.05) is 30.8 Å². The van der Waals surface area contributed by atoms with Crippen LogP contribution in [0.3, 0.4) is 0 Å². The van der Waals surface area contributed by atoms with Gasteiger partial charge in [-0.2, -0.15) is 0 Å². The molecule has 3 rings (SSSR count). The van der Waals surface area contributed by atoms with E-state index < -0.39 is 6.09 Å². The van der Waals surface area contributed by atoms with E-state index >= 15 is 0 Å². The molecule has 2 amide bonds. The van der Waals surface area contributed by atoms with Gasteiger partial charge in [0.25, 0.3) is 0 Å². The van der Waals surface area contributed by atoms with Crippen molar-refractivity contribution in [3.05, 3.63) is 42.0 Å². The normalized spacial score (nSPS) is 12.3. The first kappa shape index (κ1) is 17.6. The minimum atomic E-state index is -1.13. The van der Waals surface area contributed by atoms with Crippen molar-refractivity contribution in [2.45, 2.75) is 29.6 Å². The second-order valence-corrected chi connectivity index (χ2v) is 6.92. The van der Waals surface area contributed by atoms with Crippen LogP contribution in [0, 0.1) is 0 Å². The molecule has 2 N–H and O–H groups in total. The van der Waals surface area contributed by atoms with Gasteiger partial charge in [-0.3, -0.25) is 15.0 Å². The maximum atomic E-state index is 12.8. The molecule has 0 radical (unpaired) electrons. The Hall–Kier alpha value is -2.18. The summed E-state index contributed by atoms with van der Waals surface area (Å²) in [5.74, 6) is 0.125. The molecule has 2 aromatic rings. The lowest BCUT2D eigenvalue weighted by Crippen LogP contribution is -2.30. The summed E-state index contributed by atoms with van der Waals surface area (Å²) >= 11 is 7.38. The number of hydrogen-bond donors (Lipinski definition) is 2. The molecule has 0 atom stereocenters. The molecule has 0 bridgehead atoms. The summed E-state index contributed by atoms with van der Waals surface area (Å²) in [6, 6.07) is 11.3. The predicted molar refractivity (Wildman–Crippen MR) is 101 cm³/mol. The number of carbonyl (C=O) groups is 2. The van der Waals surface area contributed by atoms with E-state index in [2.05, 4.69) is 5.32 Å². The second kappa shape index (κ2) is 7.37. The van der Waals surface area contributed by atoms with Gasteiger partial charge < -0.3 is 5.11 Å². The highest BCUT2D eigenvalue weighted by atomic mass is 35.5. The van der Waals surface area contributed by atoms with Crippen LogP contribution in [0.1, 0.15) is 18.9 Å². The highest BCUT2D eigenvalue weighted by Gasteiger charge is 2.30. The van der Waals surface area contributed by atoms with E-state index in [-0.39, 0.29) is 18.2 Å². The molecule has 25 heavy (non-hydrogen) atoms. The van der Waals surface area contributed by atoms with Gasteiger partial charge in [0.1, 0.15) is 0 Å². The summed E-state index contributed by atoms with van der Waals surface area (Å²) in [7, 11) is 0. The van der Waals surface area contributed by atoms with Crippen molar-refractivity contribution >= 4 is 52.4 Å². The average molecular weight is 377 g/mol. The Bertz CT molecular complexity index is 841. The summed E-state index contributed by atoms with van der Waals surface area (Å²) in [4.78, 5) is 27.5. The molecule has 1 heterocycles. The summed E-state index contributed by atoms with van der Waals surface area (Å²) in [6.07, 6.45) is -0.330. The van der Waals surface area contributed by atoms with Crippen LogP contribution in [0.5, 0.6) is 0 Å². The Morgan fingerprint density at radius 3 is 2.64 bits per heavy atom. The number of benzene rings is 2. The fourth-order valence-corrected chi connectivity index (χ4v) is 4.21. The standard InChI is InChI=1S/C18H17ClN2O3S/c1-2-11-12(20-18(23)24)7-8-15-17(11)21(16(22)9-10-19)13-5-3-4-6-14(13)25-15/h3-8,20H,2,9-10H2,1H3,(H,23,24). The number of nitrogens with one attached hydrogen (secondary N) is 1. The lowest BCUT2D eigenvalue weighted by molar-refractivity contribution is -0.117. The summed E-state index contributed by atoms with van der Waals surface area (Å²) < 4.78 is 0. The van der Waals surface area contributed by atoms with Crippen LogP contribution >= 0.6 is 23.4 Å². The SMILES string of the molecule is CCc1c(NC(=O)O)ccc2c1N(C(=O)CCCl)c1ccccc1S2. The van der Waals surface area contributed by atoms with E-state index in [1.165, 1.54) is 0 Å². The van der Waals surface area contributed by atoms with Gasteiger partial charge in [0, 0.05) is 33.3 Å². The molecule has 7 heteroatoms. The molecule has 1 aliphatic rings. The molecular weight excluding hydrogens is 360 g/mol. The third kappa shape index (κ3) is 3.32. The van der Waals surface area contributed by atoms with Gasteiger partial charge in [-0.25, -0.2) is 4.79 Å². The smallest absolute Gasteiger partial charge is 0.409 e. The van der Waals surface area contributed by atoms with Crippen LogP contribution < -0.4 is 10.2 Å². The summed E-state index contributed by atoms with van der Waals surface area (Å²) in [6.45, 7) is 1.94. The van der Waals surface area contributed by atoms with Crippen LogP contribution in [0.4, 0.5) is 21.9 Å². The van der Waals surface area contributed by atoms with Crippen molar-refractivity contribution in [3.8, 4) is 0 Å². The minimum absolute atomic E-state index is 0.105. The largest absolute Gasteiger partial charge is 0.465 e. The number of anilines is 3. The number of alkyl halides is 1. The Kier molecular flexibility index (Phi) is 5.20. The molecule has 2 aromatic carbocycles. The zero-order chi connectivity index (χ0) is 18.0. The Morgan fingerprint density at radius 1 is 1.20 bits per heavy atom. The Balaban J connectivity index is 2.21. The van der Waals surface area contributed by atoms with Crippen LogP contribution in [-0.2, 0) is 11.2 Å². The van der Waals surface area contributed by atoms with E-state index in [9.17, 15) is 9.59 Å². The third-order valence-corrected chi connectivity index (χ3v) is 5.25. The van der Waals surface area contributed by atoms with Gasteiger partial charge in [0.05, 0.1) is 11.4 Å². The highest BCUT2D eigenvalue weighted by molar-refractivity contribution is 7.99. The van der Waals surface area contributed by atoms with Crippen molar-refractivity contribution in [2.75, 3.05) is 16.1 Å². The van der Waals surface area contributed by atoms with Crippen LogP contribution in [0.15, 0.2) is 46.2 Å². The number of carboxylic acid groups (broad SMARTS) is 1. The fourth-order valence-electron chi connectivity index (χ4n) is 2.95. The zero-order valence-electron chi connectivity index (χ0n) is 13.6. The molecule has 0 spiro atoms. The maximum Gasteiger partial charge on any atom is 0.409 e. The number of rotatable bonds is 4. The minimum Gasteiger partial charge on any atom is -0.465 e. The van der Waals surface area contributed by atoms with Crippen LogP contribution in [0.25, 0.3) is 0 Å². The predicted octanol–water partition coefficient (Wildman–Crippen LogP) is 5.10. The topological polar surface area (TPSA) is 69.6 Å². The third-order valence-electron chi connectivity index (χ3n) is 3.95. The zero-order valence-corrected chi connectivity index (χ0v) is 15.2. The summed E-state index contributed by atoms with van der Waals surface area (Å²) in [5.41, 5.74) is 2.84. The van der Waals surface area contributed by atoms with Crippen molar-refractivity contribution in [3.63, 3.8) is 0 Å². The number of hydrogen-bond acceptors (Lipinski definition) is 3. The first-order valence-corrected chi connectivity index (χ1v) is 9.23. The lowest BCUT2D eigenvalue weighted by atomic mass is 10.0. The molecule has 0 saturated carbocycles. The Labute approximate surface area is 155 Å². The molecular formula is C18H17ClN2O3S. The van der Waals surface area contributed by atoms with Gasteiger partial charge >= 0.3 is 6.09 Å². The maximum absolute atomic E-state index is 12.8. The number of amides is 2. The number of carbonyl (C=O) groups excluding carboxylic acids is 1. The Morgan fingerprint density at radius 2 is 1.96 bits per heavy atom. The van der Waals surface area contributed by atoms with E-state index in [4.69, 9.17) is 16.7 Å². The highest BCUT2D eigenvalue weighted by Crippen LogP contribution is 2.51. The first-order valence-electron chi connectivity index (χ1n) is 7.88. The molecule has 130 valence electrons. The number of halogens is 1. The second-order valence-electron chi connectivity index (χ2n) is 5.46. The first-order chi connectivity index (χ1) is 12.1. The quantitative estimate of drug-likeness (QED) is 0.728. The van der Waals surface area contributed by atoms with E-state index in [0.29, 0.717) is 12.1 Å². The molecule has 0 aromatic heterocycles. The summed E-state index contributed by atoms with van der Waals surface area (Å²) in [5, 5.41) is 11.5. The number of fused-ring (bicyclic) bond motifs is 2. The molecule has 0 saturated heterocycles. The monoisotopic (exact) mass is 376 g/mol. The lowest BCUT2D eigenvalue weighted by Gasteiger charge is -2.33. The molecule has 5 nitrogen and oxygen atoms in total. The van der Waals surface area contributed by atoms with Gasteiger partial charge in [0.2, 0.25) is 5.91 Å². The van der Waals surface area contributed by atoms with Crippen molar-refractivity contribution < 1.29 is 14.7 Å². The van der Waals surface area contributed by atoms with Gasteiger partial charge in [0.15, 0.2) is 0 Å². The van der Waals surface area contributed by atoms with E-state index in [0.717, 1.165) is 26.7 Å². The average Bonchev–Trinajstić information content (AvgIpc) is 2.59. The molecule has 1 aliphatic heterocycles. The van der Waals surface area contributed by atoms with Crippen molar-refractivity contribution in [2.24, 2.45) is 0 Å². The van der Waals surface area contributed by atoms with Crippen molar-refractivity contribution in [1.82, 2.24) is 0 Å².